The largest absolute Gasteiger partial charge is 0.486 e. The number of hydrogen-bond donors (Lipinski definition) is 1. The molecule has 2 amide bonds. The highest BCUT2D eigenvalue weighted by atomic mass is 16.6. The fourth-order valence-corrected chi connectivity index (χ4v) is 3.36. The number of benzene rings is 2. The zero-order valence-electron chi connectivity index (χ0n) is 18.3. The Labute approximate surface area is 192 Å². The number of rotatable bonds is 8. The number of pyridine rings is 1. The van der Waals surface area contributed by atoms with Gasteiger partial charge < -0.3 is 24.4 Å². The molecule has 3 aromatic rings. The molecular weight excluding hydrogens is 422 g/mol. The molecule has 8 heteroatoms. The molecular formula is C25H25N3O5. The van der Waals surface area contributed by atoms with Crippen LogP contribution >= 0.6 is 0 Å². The van der Waals surface area contributed by atoms with Crippen molar-refractivity contribution in [1.29, 1.82) is 0 Å². The predicted octanol–water partition coefficient (Wildman–Crippen LogP) is 3.53. The summed E-state index contributed by atoms with van der Waals surface area (Å²) in [6.07, 6.45) is 1.52. The van der Waals surface area contributed by atoms with Crippen molar-refractivity contribution in [2.24, 2.45) is 0 Å². The predicted molar refractivity (Wildman–Crippen MR) is 123 cm³/mol. The van der Waals surface area contributed by atoms with Gasteiger partial charge in [-0.1, -0.05) is 30.3 Å². The first-order valence-corrected chi connectivity index (χ1v) is 10.7. The third-order valence-corrected chi connectivity index (χ3v) is 5.04. The van der Waals surface area contributed by atoms with Gasteiger partial charge in [0.2, 0.25) is 11.8 Å². The lowest BCUT2D eigenvalue weighted by molar-refractivity contribution is -0.116. The summed E-state index contributed by atoms with van der Waals surface area (Å²) in [4.78, 5) is 31.2. The van der Waals surface area contributed by atoms with E-state index in [-0.39, 0.29) is 18.4 Å². The van der Waals surface area contributed by atoms with Gasteiger partial charge in [0.05, 0.1) is 0 Å². The van der Waals surface area contributed by atoms with Crippen LogP contribution in [0, 0.1) is 0 Å². The van der Waals surface area contributed by atoms with Gasteiger partial charge in [-0.3, -0.25) is 9.59 Å². The molecule has 33 heavy (non-hydrogen) atoms. The van der Waals surface area contributed by atoms with Crippen molar-refractivity contribution in [2.75, 3.05) is 31.6 Å². The van der Waals surface area contributed by atoms with Crippen LogP contribution in [-0.2, 0) is 11.4 Å². The Kier molecular flexibility index (Phi) is 7.04. The highest BCUT2D eigenvalue weighted by Crippen LogP contribution is 2.32. The minimum absolute atomic E-state index is 0.0910. The lowest BCUT2D eigenvalue weighted by Gasteiger charge is -2.21. The van der Waals surface area contributed by atoms with E-state index in [0.717, 1.165) is 5.56 Å². The van der Waals surface area contributed by atoms with E-state index < -0.39 is 0 Å². The molecule has 2 aromatic carbocycles. The van der Waals surface area contributed by atoms with Crippen LogP contribution in [0.5, 0.6) is 17.4 Å². The third kappa shape index (κ3) is 5.79. The normalized spacial score (nSPS) is 12.0. The molecule has 0 fully saturated rings. The molecule has 0 unspecified atom stereocenters. The van der Waals surface area contributed by atoms with Gasteiger partial charge >= 0.3 is 0 Å². The first-order chi connectivity index (χ1) is 16.1. The van der Waals surface area contributed by atoms with E-state index in [0.29, 0.717) is 55.0 Å². The lowest BCUT2D eigenvalue weighted by atomic mass is 10.2. The van der Waals surface area contributed by atoms with Crippen LogP contribution < -0.4 is 19.5 Å². The quantitative estimate of drug-likeness (QED) is 0.568. The number of ether oxygens (including phenoxy) is 3. The topological polar surface area (TPSA) is 90.0 Å². The number of nitrogens with one attached hydrogen (secondary N) is 1. The van der Waals surface area contributed by atoms with Crippen LogP contribution in [-0.4, -0.2) is 48.0 Å². The lowest BCUT2D eigenvalue weighted by Crippen LogP contribution is -2.37. The molecule has 1 aliphatic heterocycles. The van der Waals surface area contributed by atoms with Crippen LogP contribution in [0.1, 0.15) is 22.8 Å². The number of carbonyl (C=O) groups is 2. The zero-order chi connectivity index (χ0) is 23.0. The van der Waals surface area contributed by atoms with Gasteiger partial charge in [0, 0.05) is 36.1 Å². The molecule has 170 valence electrons. The molecule has 0 aliphatic carbocycles. The molecule has 0 spiro atoms. The highest BCUT2D eigenvalue weighted by Gasteiger charge is 2.19. The molecule has 1 aliphatic rings. The minimum Gasteiger partial charge on any atom is -0.486 e. The van der Waals surface area contributed by atoms with Crippen molar-refractivity contribution in [3.8, 4) is 17.4 Å². The van der Waals surface area contributed by atoms with Gasteiger partial charge in [-0.2, -0.15) is 0 Å². The molecule has 4 rings (SSSR count). The van der Waals surface area contributed by atoms with Crippen molar-refractivity contribution in [3.63, 3.8) is 0 Å². The first-order valence-electron chi connectivity index (χ1n) is 10.7. The summed E-state index contributed by atoms with van der Waals surface area (Å²) in [5, 5.41) is 2.81. The molecule has 1 aromatic heterocycles. The number of fused-ring (bicyclic) bond motifs is 1. The molecule has 0 saturated heterocycles. The number of nitrogens with zero attached hydrogens (tertiary/aromatic N) is 2. The third-order valence-electron chi connectivity index (χ3n) is 5.04. The standard InChI is InChI=1S/C25H25N3O5/c1-2-28(16-23(29)27-20-8-9-21-22(15-20)32-13-12-31-21)25(30)19-10-11-26-24(14-19)33-17-18-6-4-3-5-7-18/h3-11,14-15H,2,12-13,16-17H2,1H3,(H,27,29). The maximum atomic E-state index is 13.0. The highest BCUT2D eigenvalue weighted by molar-refractivity contribution is 5.99. The molecule has 0 saturated carbocycles. The summed E-state index contributed by atoms with van der Waals surface area (Å²) >= 11 is 0. The fraction of sp³-hybridized carbons (Fsp3) is 0.240. The van der Waals surface area contributed by atoms with Crippen LogP contribution in [0.4, 0.5) is 5.69 Å². The molecule has 8 nitrogen and oxygen atoms in total. The molecule has 0 atom stereocenters. The summed E-state index contributed by atoms with van der Waals surface area (Å²) in [5.74, 6) is 0.995. The number of hydrogen-bond acceptors (Lipinski definition) is 6. The zero-order valence-corrected chi connectivity index (χ0v) is 18.3. The molecule has 1 N–H and O–H groups in total. The Bertz CT molecular complexity index is 1120. The van der Waals surface area contributed by atoms with Crippen LogP contribution in [0.15, 0.2) is 66.9 Å². The summed E-state index contributed by atoms with van der Waals surface area (Å²) < 4.78 is 16.8. The van der Waals surface area contributed by atoms with Crippen molar-refractivity contribution in [3.05, 3.63) is 78.0 Å². The number of carbonyl (C=O) groups excluding carboxylic acids is 2. The minimum atomic E-state index is -0.309. The Morgan fingerprint density at radius 1 is 1.03 bits per heavy atom. The second kappa shape index (κ2) is 10.5. The first kappa shape index (κ1) is 22.1. The van der Waals surface area contributed by atoms with Gasteiger partial charge in [-0.15, -0.1) is 0 Å². The van der Waals surface area contributed by atoms with Crippen molar-refractivity contribution < 1.29 is 23.8 Å². The maximum Gasteiger partial charge on any atom is 0.254 e. The number of aromatic nitrogens is 1. The summed E-state index contributed by atoms with van der Waals surface area (Å²) in [7, 11) is 0. The summed E-state index contributed by atoms with van der Waals surface area (Å²) in [6.45, 7) is 3.41. The van der Waals surface area contributed by atoms with E-state index in [9.17, 15) is 9.59 Å². The second-order valence-electron chi connectivity index (χ2n) is 7.38. The van der Waals surface area contributed by atoms with Gasteiger partial charge in [0.25, 0.3) is 5.91 Å². The Morgan fingerprint density at radius 3 is 2.61 bits per heavy atom. The maximum absolute atomic E-state index is 13.0. The van der Waals surface area contributed by atoms with E-state index in [1.165, 1.54) is 11.1 Å². The van der Waals surface area contributed by atoms with Crippen molar-refractivity contribution in [1.82, 2.24) is 9.88 Å². The van der Waals surface area contributed by atoms with Gasteiger partial charge in [-0.25, -0.2) is 4.98 Å². The molecule has 0 radical (unpaired) electrons. The monoisotopic (exact) mass is 447 g/mol. The molecule has 2 heterocycles. The Balaban J connectivity index is 1.37. The van der Waals surface area contributed by atoms with Gasteiger partial charge in [0.1, 0.15) is 26.4 Å². The van der Waals surface area contributed by atoms with Crippen molar-refractivity contribution >= 4 is 17.5 Å². The number of anilines is 1. The van der Waals surface area contributed by atoms with E-state index in [1.54, 1.807) is 30.3 Å². The number of amides is 2. The van der Waals surface area contributed by atoms with E-state index in [4.69, 9.17) is 14.2 Å². The van der Waals surface area contributed by atoms with Gasteiger partial charge in [-0.05, 0) is 30.7 Å². The average molecular weight is 447 g/mol. The van der Waals surface area contributed by atoms with Crippen LogP contribution in [0.25, 0.3) is 0 Å². The van der Waals surface area contributed by atoms with E-state index in [1.807, 2.05) is 37.3 Å². The summed E-state index contributed by atoms with van der Waals surface area (Å²) in [6, 6.07) is 18.1. The van der Waals surface area contributed by atoms with Crippen LogP contribution in [0.3, 0.4) is 0 Å². The fourth-order valence-electron chi connectivity index (χ4n) is 3.36. The average Bonchev–Trinajstić information content (AvgIpc) is 2.86. The Morgan fingerprint density at radius 2 is 1.82 bits per heavy atom. The van der Waals surface area contributed by atoms with Crippen molar-refractivity contribution in [2.45, 2.75) is 13.5 Å². The van der Waals surface area contributed by atoms with Crippen LogP contribution in [0.2, 0.25) is 0 Å². The van der Waals surface area contributed by atoms with Gasteiger partial charge in [0.15, 0.2) is 11.5 Å². The SMILES string of the molecule is CCN(CC(=O)Nc1ccc2c(c1)OCCO2)C(=O)c1ccnc(OCc2ccccc2)c1. The Hall–Kier alpha value is -4.07. The summed E-state index contributed by atoms with van der Waals surface area (Å²) in [5.41, 5.74) is 1.98. The number of likely N-dealkylation sites (N-methyl/N-ethyl adjacent to an activating group) is 1. The van der Waals surface area contributed by atoms with E-state index in [2.05, 4.69) is 10.3 Å². The van der Waals surface area contributed by atoms with E-state index >= 15 is 0 Å². The smallest absolute Gasteiger partial charge is 0.254 e. The molecule has 0 bridgehead atoms. The second-order valence-corrected chi connectivity index (χ2v) is 7.38.